The summed E-state index contributed by atoms with van der Waals surface area (Å²) in [4.78, 5) is 8.45. The third kappa shape index (κ3) is 3.83. The van der Waals surface area contributed by atoms with Gasteiger partial charge in [-0.1, -0.05) is 6.92 Å². The van der Waals surface area contributed by atoms with Crippen LogP contribution < -0.4 is 10.1 Å². The molecule has 1 rings (SSSR count). The summed E-state index contributed by atoms with van der Waals surface area (Å²) in [6.45, 7) is 9.73. The van der Waals surface area contributed by atoms with Gasteiger partial charge in [-0.3, -0.25) is 0 Å². The van der Waals surface area contributed by atoms with Gasteiger partial charge in [0.1, 0.15) is 0 Å². The Morgan fingerprint density at radius 2 is 2.20 bits per heavy atom. The third-order valence-corrected chi connectivity index (χ3v) is 1.97. The zero-order chi connectivity index (χ0) is 11.3. The maximum absolute atomic E-state index is 5.41. The van der Waals surface area contributed by atoms with Crippen molar-refractivity contribution >= 4 is 0 Å². The number of nitrogens with one attached hydrogen (secondary N) is 1. The molecule has 0 atom stereocenters. The van der Waals surface area contributed by atoms with Gasteiger partial charge in [0.25, 0.3) is 0 Å². The first-order valence-corrected chi connectivity index (χ1v) is 5.33. The summed E-state index contributed by atoms with van der Waals surface area (Å²) in [6, 6.07) is 0.461. The van der Waals surface area contributed by atoms with Gasteiger partial charge < -0.3 is 10.1 Å². The topological polar surface area (TPSA) is 47.0 Å². The highest BCUT2D eigenvalue weighted by molar-refractivity contribution is 5.17. The SMILES string of the molecule is CCNCc1cnc(OC(C)C)nc1C. The molecular weight excluding hydrogens is 190 g/mol. The fourth-order valence-electron chi connectivity index (χ4n) is 1.17. The first-order valence-electron chi connectivity index (χ1n) is 5.33. The van der Waals surface area contributed by atoms with Gasteiger partial charge in [-0.2, -0.15) is 0 Å². The summed E-state index contributed by atoms with van der Waals surface area (Å²) in [7, 11) is 0. The van der Waals surface area contributed by atoms with Crippen LogP contribution in [0.2, 0.25) is 0 Å². The highest BCUT2D eigenvalue weighted by Crippen LogP contribution is 2.09. The van der Waals surface area contributed by atoms with E-state index in [1.807, 2.05) is 27.0 Å². The molecule has 0 aliphatic rings. The van der Waals surface area contributed by atoms with E-state index in [1.54, 1.807) is 0 Å². The Morgan fingerprint density at radius 1 is 1.47 bits per heavy atom. The molecule has 0 aliphatic heterocycles. The van der Waals surface area contributed by atoms with Gasteiger partial charge in [-0.05, 0) is 27.3 Å². The molecule has 4 heteroatoms. The fourth-order valence-corrected chi connectivity index (χ4v) is 1.17. The van der Waals surface area contributed by atoms with Crippen LogP contribution in [-0.4, -0.2) is 22.6 Å². The molecule has 4 nitrogen and oxygen atoms in total. The minimum Gasteiger partial charge on any atom is -0.461 e. The molecule has 84 valence electrons. The van der Waals surface area contributed by atoms with Crippen molar-refractivity contribution in [2.24, 2.45) is 0 Å². The van der Waals surface area contributed by atoms with Crippen molar-refractivity contribution in [3.63, 3.8) is 0 Å². The number of aromatic nitrogens is 2. The van der Waals surface area contributed by atoms with Crippen LogP contribution in [0, 0.1) is 6.92 Å². The summed E-state index contributed by atoms with van der Waals surface area (Å²) in [5.41, 5.74) is 2.09. The minimum absolute atomic E-state index is 0.115. The Balaban J connectivity index is 2.69. The van der Waals surface area contributed by atoms with Crippen LogP contribution in [0.1, 0.15) is 32.0 Å². The van der Waals surface area contributed by atoms with E-state index in [1.165, 1.54) is 0 Å². The molecule has 0 aliphatic carbocycles. The van der Waals surface area contributed by atoms with Gasteiger partial charge in [0.05, 0.1) is 6.10 Å². The average Bonchev–Trinajstić information content (AvgIpc) is 2.15. The fraction of sp³-hybridized carbons (Fsp3) is 0.636. The molecule has 0 amide bonds. The predicted octanol–water partition coefficient (Wildman–Crippen LogP) is 1.68. The lowest BCUT2D eigenvalue weighted by atomic mass is 10.2. The average molecular weight is 209 g/mol. The predicted molar refractivity (Wildman–Crippen MR) is 59.9 cm³/mol. The largest absolute Gasteiger partial charge is 0.461 e. The van der Waals surface area contributed by atoms with Gasteiger partial charge >= 0.3 is 6.01 Å². The Bertz CT molecular complexity index is 313. The smallest absolute Gasteiger partial charge is 0.316 e. The molecule has 0 saturated heterocycles. The van der Waals surface area contributed by atoms with Gasteiger partial charge in [0.15, 0.2) is 0 Å². The van der Waals surface area contributed by atoms with Crippen LogP contribution >= 0.6 is 0 Å². The number of aryl methyl sites for hydroxylation is 1. The molecule has 0 fully saturated rings. The molecule has 0 saturated carbocycles. The monoisotopic (exact) mass is 209 g/mol. The molecule has 0 radical (unpaired) electrons. The van der Waals surface area contributed by atoms with Crippen molar-refractivity contribution < 1.29 is 4.74 Å². The quantitative estimate of drug-likeness (QED) is 0.801. The maximum atomic E-state index is 5.41. The second-order valence-electron chi connectivity index (χ2n) is 3.71. The van der Waals surface area contributed by atoms with Gasteiger partial charge in [-0.15, -0.1) is 0 Å². The highest BCUT2D eigenvalue weighted by Gasteiger charge is 2.04. The van der Waals surface area contributed by atoms with E-state index in [4.69, 9.17) is 4.74 Å². The molecule has 1 N–H and O–H groups in total. The van der Waals surface area contributed by atoms with E-state index >= 15 is 0 Å². The van der Waals surface area contributed by atoms with Crippen molar-refractivity contribution in [3.05, 3.63) is 17.5 Å². The van der Waals surface area contributed by atoms with Crippen molar-refractivity contribution in [2.45, 2.75) is 40.3 Å². The van der Waals surface area contributed by atoms with Crippen molar-refractivity contribution in [1.29, 1.82) is 0 Å². The summed E-state index contributed by atoms with van der Waals surface area (Å²) >= 11 is 0. The molecule has 0 aromatic carbocycles. The summed E-state index contributed by atoms with van der Waals surface area (Å²) in [6.07, 6.45) is 1.94. The van der Waals surface area contributed by atoms with Gasteiger partial charge in [-0.25, -0.2) is 9.97 Å². The van der Waals surface area contributed by atoms with Crippen LogP contribution in [0.25, 0.3) is 0 Å². The minimum atomic E-state index is 0.115. The van der Waals surface area contributed by atoms with E-state index in [0.29, 0.717) is 6.01 Å². The van der Waals surface area contributed by atoms with Crippen LogP contribution in [0.3, 0.4) is 0 Å². The maximum Gasteiger partial charge on any atom is 0.316 e. The van der Waals surface area contributed by atoms with Crippen LogP contribution in [0.15, 0.2) is 6.20 Å². The lowest BCUT2D eigenvalue weighted by Crippen LogP contribution is -2.15. The molecular formula is C11H19N3O. The zero-order valence-electron chi connectivity index (χ0n) is 9.87. The number of hydrogen-bond acceptors (Lipinski definition) is 4. The van der Waals surface area contributed by atoms with Crippen LogP contribution in [0.5, 0.6) is 6.01 Å². The standard InChI is InChI=1S/C11H19N3O/c1-5-12-6-10-7-13-11(14-9(10)4)15-8(2)3/h7-8,12H,5-6H2,1-4H3. The Morgan fingerprint density at radius 3 is 2.73 bits per heavy atom. The second kappa shape index (κ2) is 5.66. The number of rotatable bonds is 5. The van der Waals surface area contributed by atoms with Crippen molar-refractivity contribution in [2.75, 3.05) is 6.54 Å². The molecule has 1 aromatic heterocycles. The Labute approximate surface area is 91.1 Å². The van der Waals surface area contributed by atoms with E-state index < -0.39 is 0 Å². The molecule has 1 heterocycles. The Kier molecular flexibility index (Phi) is 4.49. The zero-order valence-corrected chi connectivity index (χ0v) is 9.87. The number of nitrogens with zero attached hydrogens (tertiary/aromatic N) is 2. The van der Waals surface area contributed by atoms with E-state index in [9.17, 15) is 0 Å². The van der Waals surface area contributed by atoms with E-state index in [0.717, 1.165) is 24.3 Å². The first kappa shape index (κ1) is 11.9. The van der Waals surface area contributed by atoms with Crippen molar-refractivity contribution in [3.8, 4) is 6.01 Å². The van der Waals surface area contributed by atoms with Crippen LogP contribution in [-0.2, 0) is 6.54 Å². The first-order chi connectivity index (χ1) is 7.13. The van der Waals surface area contributed by atoms with E-state index in [2.05, 4.69) is 22.2 Å². The molecule has 1 aromatic rings. The second-order valence-corrected chi connectivity index (χ2v) is 3.71. The molecule has 0 bridgehead atoms. The summed E-state index contributed by atoms with van der Waals surface area (Å²) < 4.78 is 5.41. The highest BCUT2D eigenvalue weighted by atomic mass is 16.5. The lowest BCUT2D eigenvalue weighted by molar-refractivity contribution is 0.221. The summed E-state index contributed by atoms with van der Waals surface area (Å²) in [5.74, 6) is 0. The normalized spacial score (nSPS) is 10.7. The van der Waals surface area contributed by atoms with Gasteiger partial charge in [0.2, 0.25) is 0 Å². The lowest BCUT2D eigenvalue weighted by Gasteiger charge is -2.10. The van der Waals surface area contributed by atoms with Crippen molar-refractivity contribution in [1.82, 2.24) is 15.3 Å². The third-order valence-electron chi connectivity index (χ3n) is 1.97. The van der Waals surface area contributed by atoms with Crippen LogP contribution in [0.4, 0.5) is 0 Å². The molecule has 0 unspecified atom stereocenters. The molecule has 0 spiro atoms. The number of hydrogen-bond donors (Lipinski definition) is 1. The summed E-state index contributed by atoms with van der Waals surface area (Å²) in [5, 5.41) is 3.24. The number of ether oxygens (including phenoxy) is 1. The van der Waals surface area contributed by atoms with E-state index in [-0.39, 0.29) is 6.10 Å². The Hall–Kier alpha value is -1.16. The molecule has 15 heavy (non-hydrogen) atoms. The van der Waals surface area contributed by atoms with Gasteiger partial charge in [0, 0.05) is 24.0 Å².